The van der Waals surface area contributed by atoms with Crippen molar-refractivity contribution in [2.24, 2.45) is 5.73 Å². The molecule has 0 bridgehead atoms. The lowest BCUT2D eigenvalue weighted by molar-refractivity contribution is 0.191. The van der Waals surface area contributed by atoms with Crippen LogP contribution in [0.25, 0.3) is 0 Å². The number of likely N-dealkylation sites (tertiary alicyclic amines) is 1. The van der Waals surface area contributed by atoms with Crippen molar-refractivity contribution in [1.29, 1.82) is 0 Å². The van der Waals surface area contributed by atoms with E-state index >= 15 is 0 Å². The summed E-state index contributed by atoms with van der Waals surface area (Å²) < 4.78 is 5.20. The summed E-state index contributed by atoms with van der Waals surface area (Å²) >= 11 is 6.22. The molecule has 1 saturated heterocycles. The van der Waals surface area contributed by atoms with Gasteiger partial charge in [0.05, 0.1) is 12.1 Å². The first-order valence-electron chi connectivity index (χ1n) is 6.34. The summed E-state index contributed by atoms with van der Waals surface area (Å²) in [4.78, 5) is 2.35. The summed E-state index contributed by atoms with van der Waals surface area (Å²) in [6.07, 6.45) is 2.17. The molecule has 1 aromatic rings. The Balaban J connectivity index is 2.30. The Morgan fingerprint density at radius 3 is 2.56 bits per heavy atom. The number of hydrogen-bond acceptors (Lipinski definition) is 3. The Morgan fingerprint density at radius 2 is 2.06 bits per heavy atom. The summed E-state index contributed by atoms with van der Waals surface area (Å²) in [7, 11) is 3.79. The number of nitrogens with zero attached hydrogens (tertiary/aromatic N) is 1. The molecular formula is C14H21ClN2O. The highest BCUT2D eigenvalue weighted by Gasteiger charge is 2.34. The molecule has 2 N–H and O–H groups in total. The molecule has 1 aromatic carbocycles. The summed E-state index contributed by atoms with van der Waals surface area (Å²) in [5, 5.41) is 0.668. The number of rotatable bonds is 3. The van der Waals surface area contributed by atoms with Gasteiger partial charge in [-0.15, -0.1) is 0 Å². The molecule has 0 atom stereocenters. The first-order chi connectivity index (χ1) is 8.61. The average Bonchev–Trinajstić information content (AvgIpc) is 2.40. The second-order valence-electron chi connectivity index (χ2n) is 5.14. The predicted molar refractivity (Wildman–Crippen MR) is 75.5 cm³/mol. The van der Waals surface area contributed by atoms with Gasteiger partial charge >= 0.3 is 0 Å². The lowest BCUT2D eigenvalue weighted by Crippen LogP contribution is -2.45. The van der Waals surface area contributed by atoms with Gasteiger partial charge in [-0.1, -0.05) is 17.7 Å². The zero-order valence-corrected chi connectivity index (χ0v) is 11.8. The van der Waals surface area contributed by atoms with Crippen molar-refractivity contribution in [3.05, 3.63) is 28.8 Å². The lowest BCUT2D eigenvalue weighted by Gasteiger charge is -2.40. The van der Waals surface area contributed by atoms with Gasteiger partial charge in [0, 0.05) is 12.0 Å². The van der Waals surface area contributed by atoms with E-state index in [4.69, 9.17) is 22.1 Å². The second kappa shape index (κ2) is 5.47. The Kier molecular flexibility index (Phi) is 4.15. The van der Waals surface area contributed by atoms with Crippen LogP contribution in [0, 0.1) is 0 Å². The maximum absolute atomic E-state index is 6.22. The van der Waals surface area contributed by atoms with Crippen LogP contribution in [0.1, 0.15) is 18.4 Å². The highest BCUT2D eigenvalue weighted by atomic mass is 35.5. The van der Waals surface area contributed by atoms with Gasteiger partial charge < -0.3 is 15.4 Å². The number of benzene rings is 1. The Labute approximate surface area is 114 Å². The molecule has 1 heterocycles. The zero-order valence-electron chi connectivity index (χ0n) is 11.1. The van der Waals surface area contributed by atoms with Gasteiger partial charge in [-0.3, -0.25) is 0 Å². The van der Waals surface area contributed by atoms with Crippen molar-refractivity contribution >= 4 is 11.6 Å². The maximum Gasteiger partial charge on any atom is 0.137 e. The van der Waals surface area contributed by atoms with E-state index < -0.39 is 0 Å². The van der Waals surface area contributed by atoms with Crippen LogP contribution < -0.4 is 10.5 Å². The third-order valence-corrected chi connectivity index (χ3v) is 4.39. The van der Waals surface area contributed by atoms with Crippen LogP contribution in [-0.4, -0.2) is 38.7 Å². The monoisotopic (exact) mass is 268 g/mol. The molecule has 1 fully saturated rings. The van der Waals surface area contributed by atoms with E-state index in [0.29, 0.717) is 11.6 Å². The second-order valence-corrected chi connectivity index (χ2v) is 5.54. The largest absolute Gasteiger partial charge is 0.495 e. The SMILES string of the molecule is COc1ccc(C2(CN)CCN(C)CC2)cc1Cl. The van der Waals surface area contributed by atoms with Gasteiger partial charge in [-0.05, 0) is 50.7 Å². The summed E-state index contributed by atoms with van der Waals surface area (Å²) in [6, 6.07) is 6.05. The summed E-state index contributed by atoms with van der Waals surface area (Å²) in [5.41, 5.74) is 7.36. The normalized spacial score (nSPS) is 19.8. The minimum Gasteiger partial charge on any atom is -0.495 e. The summed E-state index contributed by atoms with van der Waals surface area (Å²) in [6.45, 7) is 2.84. The van der Waals surface area contributed by atoms with Crippen molar-refractivity contribution in [3.63, 3.8) is 0 Å². The molecule has 0 unspecified atom stereocenters. The average molecular weight is 269 g/mol. The van der Waals surface area contributed by atoms with Crippen LogP contribution in [0.2, 0.25) is 5.02 Å². The summed E-state index contributed by atoms with van der Waals surface area (Å²) in [5.74, 6) is 0.723. The standard InChI is InChI=1S/C14H21ClN2O/c1-17-7-5-14(10-16,6-8-17)11-3-4-13(18-2)12(15)9-11/h3-4,9H,5-8,10,16H2,1-2H3. The van der Waals surface area contributed by atoms with E-state index in [2.05, 4.69) is 18.0 Å². The first-order valence-corrected chi connectivity index (χ1v) is 6.72. The fraction of sp³-hybridized carbons (Fsp3) is 0.571. The Bertz CT molecular complexity index is 414. The van der Waals surface area contributed by atoms with E-state index in [0.717, 1.165) is 31.7 Å². The first kappa shape index (κ1) is 13.7. The number of halogens is 1. The third-order valence-electron chi connectivity index (χ3n) is 4.10. The van der Waals surface area contributed by atoms with Gasteiger partial charge in [0.15, 0.2) is 0 Å². The highest BCUT2D eigenvalue weighted by molar-refractivity contribution is 6.32. The fourth-order valence-electron chi connectivity index (χ4n) is 2.65. The fourth-order valence-corrected chi connectivity index (χ4v) is 2.91. The maximum atomic E-state index is 6.22. The molecule has 0 radical (unpaired) electrons. The molecule has 0 spiro atoms. The van der Waals surface area contributed by atoms with Gasteiger partial charge in [-0.25, -0.2) is 0 Å². The van der Waals surface area contributed by atoms with E-state index in [9.17, 15) is 0 Å². The van der Waals surface area contributed by atoms with Crippen LogP contribution in [0.5, 0.6) is 5.75 Å². The van der Waals surface area contributed by atoms with Crippen molar-refractivity contribution in [2.75, 3.05) is 33.8 Å². The Morgan fingerprint density at radius 1 is 1.39 bits per heavy atom. The minimum absolute atomic E-state index is 0.0718. The highest BCUT2D eigenvalue weighted by Crippen LogP contribution is 2.37. The van der Waals surface area contributed by atoms with E-state index in [1.54, 1.807) is 7.11 Å². The number of methoxy groups -OCH3 is 1. The quantitative estimate of drug-likeness (QED) is 0.914. The van der Waals surface area contributed by atoms with Crippen LogP contribution in [0.4, 0.5) is 0 Å². The molecule has 100 valence electrons. The van der Waals surface area contributed by atoms with Crippen LogP contribution in [-0.2, 0) is 5.41 Å². The number of hydrogen-bond donors (Lipinski definition) is 1. The van der Waals surface area contributed by atoms with E-state index in [1.807, 2.05) is 12.1 Å². The van der Waals surface area contributed by atoms with Crippen molar-refractivity contribution in [3.8, 4) is 5.75 Å². The molecule has 1 aliphatic rings. The topological polar surface area (TPSA) is 38.5 Å². The van der Waals surface area contributed by atoms with Crippen LogP contribution in [0.3, 0.4) is 0 Å². The zero-order chi connectivity index (χ0) is 13.2. The molecule has 3 nitrogen and oxygen atoms in total. The lowest BCUT2D eigenvalue weighted by atomic mass is 9.73. The molecule has 0 saturated carbocycles. The molecular weight excluding hydrogens is 248 g/mol. The van der Waals surface area contributed by atoms with E-state index in [1.165, 1.54) is 5.56 Å². The molecule has 1 aliphatic heterocycles. The molecule has 4 heteroatoms. The number of piperidine rings is 1. The van der Waals surface area contributed by atoms with Gasteiger partial charge in [0.25, 0.3) is 0 Å². The van der Waals surface area contributed by atoms with Gasteiger partial charge in [0.1, 0.15) is 5.75 Å². The number of ether oxygens (including phenoxy) is 1. The molecule has 0 aromatic heterocycles. The predicted octanol–water partition coefficient (Wildman–Crippen LogP) is 2.27. The Hall–Kier alpha value is -0.770. The van der Waals surface area contributed by atoms with Crippen molar-refractivity contribution in [1.82, 2.24) is 4.90 Å². The van der Waals surface area contributed by atoms with Crippen molar-refractivity contribution in [2.45, 2.75) is 18.3 Å². The molecule has 18 heavy (non-hydrogen) atoms. The van der Waals surface area contributed by atoms with Gasteiger partial charge in [0.2, 0.25) is 0 Å². The minimum atomic E-state index is 0.0718. The molecule has 2 rings (SSSR count). The van der Waals surface area contributed by atoms with Crippen molar-refractivity contribution < 1.29 is 4.74 Å². The van der Waals surface area contributed by atoms with Crippen LogP contribution in [0.15, 0.2) is 18.2 Å². The molecule has 0 amide bonds. The third kappa shape index (κ3) is 2.48. The molecule has 0 aliphatic carbocycles. The number of nitrogens with two attached hydrogens (primary N) is 1. The smallest absolute Gasteiger partial charge is 0.137 e. The van der Waals surface area contributed by atoms with Crippen LogP contribution >= 0.6 is 11.6 Å². The van der Waals surface area contributed by atoms with E-state index in [-0.39, 0.29) is 5.41 Å². The van der Waals surface area contributed by atoms with Gasteiger partial charge in [-0.2, -0.15) is 0 Å².